The number of amides is 1. The molecule has 1 aliphatic rings. The average molecular weight is 437 g/mol. The quantitative estimate of drug-likeness (QED) is 0.517. The van der Waals surface area contributed by atoms with E-state index in [1.165, 1.54) is 10.6 Å². The van der Waals surface area contributed by atoms with E-state index in [2.05, 4.69) is 20.1 Å². The summed E-state index contributed by atoms with van der Waals surface area (Å²) in [6.45, 7) is 4.26. The smallest absolute Gasteiger partial charge is 0.272 e. The minimum absolute atomic E-state index is 0.0351. The third-order valence-corrected chi connectivity index (χ3v) is 6.06. The van der Waals surface area contributed by atoms with Gasteiger partial charge >= 0.3 is 0 Å². The second kappa shape index (κ2) is 7.47. The van der Waals surface area contributed by atoms with Crippen molar-refractivity contribution in [2.45, 2.75) is 38.6 Å². The van der Waals surface area contributed by atoms with Crippen molar-refractivity contribution in [3.05, 3.63) is 59.2 Å². The summed E-state index contributed by atoms with van der Waals surface area (Å²) in [7, 11) is 0. The largest absolute Gasteiger partial charge is 0.368 e. The number of rotatable bonds is 2. The van der Waals surface area contributed by atoms with Crippen molar-refractivity contribution in [2.75, 3.05) is 12.3 Å². The van der Waals surface area contributed by atoms with Gasteiger partial charge < -0.3 is 10.6 Å². The zero-order chi connectivity index (χ0) is 22.6. The number of piperidine rings is 1. The van der Waals surface area contributed by atoms with Crippen LogP contribution in [0, 0.1) is 18.6 Å². The van der Waals surface area contributed by atoms with Gasteiger partial charge in [0, 0.05) is 30.8 Å². The van der Waals surface area contributed by atoms with Crippen LogP contribution in [0.25, 0.3) is 16.6 Å². The second-order valence-corrected chi connectivity index (χ2v) is 8.21. The Morgan fingerprint density at radius 1 is 1.22 bits per heavy atom. The van der Waals surface area contributed by atoms with Crippen LogP contribution in [0.5, 0.6) is 0 Å². The number of halogens is 2. The first-order chi connectivity index (χ1) is 15.3. The van der Waals surface area contributed by atoms with Crippen LogP contribution in [0.15, 0.2) is 30.5 Å². The molecule has 3 aromatic heterocycles. The number of benzene rings is 1. The fourth-order valence-electron chi connectivity index (χ4n) is 4.29. The van der Waals surface area contributed by atoms with E-state index in [1.807, 2.05) is 19.9 Å². The van der Waals surface area contributed by atoms with Crippen LogP contribution in [-0.4, -0.2) is 48.0 Å². The summed E-state index contributed by atoms with van der Waals surface area (Å²) in [5.74, 6) is -1.43. The molecule has 8 nitrogen and oxygen atoms in total. The van der Waals surface area contributed by atoms with E-state index in [0.29, 0.717) is 18.1 Å². The molecule has 10 heteroatoms. The lowest BCUT2D eigenvalue weighted by Gasteiger charge is -2.37. The third-order valence-electron chi connectivity index (χ3n) is 6.06. The van der Waals surface area contributed by atoms with Crippen molar-refractivity contribution < 1.29 is 13.6 Å². The molecule has 0 unspecified atom stereocenters. The lowest BCUT2D eigenvalue weighted by molar-refractivity contribution is 0.0599. The van der Waals surface area contributed by atoms with Crippen molar-refractivity contribution in [1.29, 1.82) is 0 Å². The van der Waals surface area contributed by atoms with Gasteiger partial charge in [0.1, 0.15) is 17.0 Å². The van der Waals surface area contributed by atoms with Crippen LogP contribution in [0.3, 0.4) is 0 Å². The van der Waals surface area contributed by atoms with Crippen LogP contribution >= 0.6 is 0 Å². The molecule has 0 bridgehead atoms. The van der Waals surface area contributed by atoms with E-state index in [4.69, 9.17) is 5.73 Å². The maximum atomic E-state index is 14.2. The summed E-state index contributed by atoms with van der Waals surface area (Å²) in [4.78, 5) is 27.8. The number of likely N-dealkylation sites (tertiary alicyclic amines) is 1. The molecular formula is C22H21F2N7O. The molecule has 5 rings (SSSR count). The minimum Gasteiger partial charge on any atom is -0.368 e. The number of anilines is 1. The monoisotopic (exact) mass is 437 g/mol. The highest BCUT2D eigenvalue weighted by Crippen LogP contribution is 2.31. The van der Waals surface area contributed by atoms with Gasteiger partial charge in [0.15, 0.2) is 17.3 Å². The van der Waals surface area contributed by atoms with Gasteiger partial charge in [-0.3, -0.25) is 9.78 Å². The summed E-state index contributed by atoms with van der Waals surface area (Å²) in [6.07, 6.45) is 3.13. The molecule has 2 atom stereocenters. The highest BCUT2D eigenvalue weighted by Gasteiger charge is 2.33. The average Bonchev–Trinajstić information content (AvgIpc) is 3.21. The van der Waals surface area contributed by atoms with E-state index in [1.54, 1.807) is 17.2 Å². The lowest BCUT2D eigenvalue weighted by atomic mass is 9.92. The number of fused-ring (bicyclic) bond motifs is 3. The van der Waals surface area contributed by atoms with Gasteiger partial charge in [-0.15, -0.1) is 5.10 Å². The number of nitrogen functional groups attached to an aromatic ring is 1. The Labute approximate surface area is 182 Å². The standard InChI is InChI=1S/C22H21F2N7O/c1-11-4-3-7-26-17(11)21(32)30-10-13(6-5-12(30)2)19-28-20-15-8-14(23)9-16(24)18(15)27-22(25)31(20)29-19/h3-4,7-9,12-13H,5-6,10H2,1-2H3,(H2,25,27)/t12-,13+/m0/s1. The van der Waals surface area contributed by atoms with Crippen molar-refractivity contribution in [1.82, 2.24) is 29.5 Å². The fourth-order valence-corrected chi connectivity index (χ4v) is 4.29. The van der Waals surface area contributed by atoms with Crippen molar-refractivity contribution in [2.24, 2.45) is 0 Å². The summed E-state index contributed by atoms with van der Waals surface area (Å²) < 4.78 is 29.4. The summed E-state index contributed by atoms with van der Waals surface area (Å²) >= 11 is 0. The van der Waals surface area contributed by atoms with E-state index < -0.39 is 11.6 Å². The topological polar surface area (TPSA) is 102 Å². The van der Waals surface area contributed by atoms with Crippen LogP contribution < -0.4 is 5.73 Å². The number of aromatic nitrogens is 5. The van der Waals surface area contributed by atoms with E-state index in [-0.39, 0.29) is 40.4 Å². The molecule has 4 aromatic rings. The highest BCUT2D eigenvalue weighted by atomic mass is 19.1. The van der Waals surface area contributed by atoms with Crippen molar-refractivity contribution in [3.63, 3.8) is 0 Å². The predicted molar refractivity (Wildman–Crippen MR) is 114 cm³/mol. The summed E-state index contributed by atoms with van der Waals surface area (Å²) in [5.41, 5.74) is 7.39. The van der Waals surface area contributed by atoms with E-state index >= 15 is 0 Å². The molecule has 1 amide bonds. The van der Waals surface area contributed by atoms with Gasteiger partial charge in [0.25, 0.3) is 5.91 Å². The first-order valence-corrected chi connectivity index (χ1v) is 10.4. The van der Waals surface area contributed by atoms with Crippen molar-refractivity contribution in [3.8, 4) is 0 Å². The van der Waals surface area contributed by atoms with Gasteiger partial charge in [-0.2, -0.15) is 4.52 Å². The first-order valence-electron chi connectivity index (χ1n) is 10.4. The molecule has 4 heterocycles. The molecule has 0 aliphatic carbocycles. The Morgan fingerprint density at radius 2 is 2.03 bits per heavy atom. The SMILES string of the molecule is Cc1cccnc1C(=O)N1C[C@H](c2nc3c4cc(F)cc(F)c4nc(N)n3n2)CC[C@@H]1C. The van der Waals surface area contributed by atoms with E-state index in [0.717, 1.165) is 24.5 Å². The number of pyridine rings is 1. The van der Waals surface area contributed by atoms with Gasteiger partial charge in [-0.1, -0.05) is 6.07 Å². The highest BCUT2D eigenvalue weighted by molar-refractivity contribution is 5.94. The van der Waals surface area contributed by atoms with Gasteiger partial charge in [-0.05, 0) is 44.4 Å². The Bertz CT molecular complexity index is 1370. The fraction of sp³-hybridized carbons (Fsp3) is 0.318. The second-order valence-electron chi connectivity index (χ2n) is 8.21. The van der Waals surface area contributed by atoms with Crippen LogP contribution in [-0.2, 0) is 0 Å². The Balaban J connectivity index is 1.54. The maximum Gasteiger partial charge on any atom is 0.272 e. The summed E-state index contributed by atoms with van der Waals surface area (Å²) in [5, 5.41) is 4.67. The normalized spacial score (nSPS) is 19.1. The third kappa shape index (κ3) is 3.22. The number of carbonyl (C=O) groups is 1. The Kier molecular flexibility index (Phi) is 4.72. The first kappa shape index (κ1) is 20.2. The zero-order valence-corrected chi connectivity index (χ0v) is 17.6. The number of carbonyl (C=O) groups excluding carboxylic acids is 1. The molecule has 164 valence electrons. The zero-order valence-electron chi connectivity index (χ0n) is 17.6. The Hall–Kier alpha value is -3.69. The van der Waals surface area contributed by atoms with Crippen LogP contribution in [0.2, 0.25) is 0 Å². The molecule has 1 fully saturated rings. The predicted octanol–water partition coefficient (Wildman–Crippen LogP) is 3.25. The van der Waals surface area contributed by atoms with Crippen molar-refractivity contribution >= 4 is 28.4 Å². The van der Waals surface area contributed by atoms with Crippen LogP contribution in [0.4, 0.5) is 14.7 Å². The lowest BCUT2D eigenvalue weighted by Crippen LogP contribution is -2.45. The van der Waals surface area contributed by atoms with Gasteiger partial charge in [0.05, 0.1) is 5.39 Å². The number of nitrogens with zero attached hydrogens (tertiary/aromatic N) is 6. The molecule has 1 aliphatic heterocycles. The van der Waals surface area contributed by atoms with Gasteiger partial charge in [0.2, 0.25) is 5.95 Å². The summed E-state index contributed by atoms with van der Waals surface area (Å²) in [6, 6.07) is 5.61. The minimum atomic E-state index is -0.812. The molecule has 2 N–H and O–H groups in total. The molecule has 0 saturated carbocycles. The molecule has 1 aromatic carbocycles. The molecule has 1 saturated heterocycles. The maximum absolute atomic E-state index is 14.2. The molecular weight excluding hydrogens is 416 g/mol. The van der Waals surface area contributed by atoms with Crippen LogP contribution in [0.1, 0.15) is 47.6 Å². The van der Waals surface area contributed by atoms with Gasteiger partial charge in [-0.25, -0.2) is 18.7 Å². The molecule has 0 radical (unpaired) electrons. The Morgan fingerprint density at radius 3 is 2.81 bits per heavy atom. The van der Waals surface area contributed by atoms with E-state index in [9.17, 15) is 13.6 Å². The number of hydrogen-bond acceptors (Lipinski definition) is 6. The number of aryl methyl sites for hydroxylation is 1. The molecule has 32 heavy (non-hydrogen) atoms. The number of hydrogen-bond donors (Lipinski definition) is 1. The molecule has 0 spiro atoms. The number of nitrogens with two attached hydrogens (primary N) is 1.